The highest BCUT2D eigenvalue weighted by atomic mass is 16.6. The second-order valence-corrected chi connectivity index (χ2v) is 4.17. The van der Waals surface area contributed by atoms with Gasteiger partial charge in [-0.25, -0.2) is 0 Å². The van der Waals surface area contributed by atoms with Crippen molar-refractivity contribution in [1.29, 1.82) is 5.41 Å². The molecule has 1 aliphatic heterocycles. The van der Waals surface area contributed by atoms with Gasteiger partial charge in [0.1, 0.15) is 5.84 Å². The Hall–Kier alpha value is -1.91. The molecule has 1 saturated heterocycles. The Kier molecular flexibility index (Phi) is 3.37. The summed E-state index contributed by atoms with van der Waals surface area (Å²) in [5, 5.41) is 19.0. The molecule has 0 saturated carbocycles. The van der Waals surface area contributed by atoms with Gasteiger partial charge in [-0.15, -0.1) is 0 Å². The quantitative estimate of drug-likeness (QED) is 0.369. The largest absolute Gasteiger partial charge is 0.356 e. The summed E-state index contributed by atoms with van der Waals surface area (Å²) >= 11 is 0. The molecule has 5 heteroatoms. The molecule has 90 valence electrons. The van der Waals surface area contributed by atoms with Gasteiger partial charge in [-0.2, -0.15) is 0 Å². The highest BCUT2D eigenvalue weighted by Crippen LogP contribution is 2.21. The van der Waals surface area contributed by atoms with Gasteiger partial charge in [0.15, 0.2) is 0 Å². The summed E-state index contributed by atoms with van der Waals surface area (Å²) < 4.78 is 0. The van der Waals surface area contributed by atoms with E-state index >= 15 is 0 Å². The number of hydrogen-bond acceptors (Lipinski definition) is 3. The number of nitrogens with one attached hydrogen (secondary N) is 1. The number of nitrogens with zero attached hydrogens (tertiary/aromatic N) is 2. The maximum atomic E-state index is 10.9. The third-order valence-electron chi connectivity index (χ3n) is 3.03. The standard InChI is InChI=1S/C12H15N3O2/c13-12(14-8-4-1-5-9-14)10-6-2-3-7-11(10)15(16)17/h2-3,6-7,13H,1,4-5,8-9H2. The summed E-state index contributed by atoms with van der Waals surface area (Å²) in [4.78, 5) is 12.4. The van der Waals surface area contributed by atoms with Crippen molar-refractivity contribution in [2.75, 3.05) is 13.1 Å². The van der Waals surface area contributed by atoms with Crippen LogP contribution in [0, 0.1) is 15.5 Å². The van der Waals surface area contributed by atoms with Crippen LogP contribution in [-0.2, 0) is 0 Å². The first-order chi connectivity index (χ1) is 8.20. The summed E-state index contributed by atoms with van der Waals surface area (Å²) in [6.45, 7) is 1.65. The molecule has 1 aromatic rings. The fraction of sp³-hybridized carbons (Fsp3) is 0.417. The number of nitro benzene ring substituents is 1. The predicted octanol–water partition coefficient (Wildman–Crippen LogP) is 2.41. The number of piperidine rings is 1. The van der Waals surface area contributed by atoms with Gasteiger partial charge < -0.3 is 4.90 Å². The molecule has 0 unspecified atom stereocenters. The van der Waals surface area contributed by atoms with Gasteiger partial charge in [0, 0.05) is 19.2 Å². The second kappa shape index (κ2) is 4.95. The van der Waals surface area contributed by atoms with Crippen LogP contribution in [0.4, 0.5) is 5.69 Å². The van der Waals surface area contributed by atoms with E-state index in [0.717, 1.165) is 25.9 Å². The average Bonchev–Trinajstić information content (AvgIpc) is 2.39. The highest BCUT2D eigenvalue weighted by molar-refractivity contribution is 6.00. The molecule has 17 heavy (non-hydrogen) atoms. The van der Waals surface area contributed by atoms with Crippen LogP contribution >= 0.6 is 0 Å². The number of amidine groups is 1. The lowest BCUT2D eigenvalue weighted by atomic mass is 10.1. The Balaban J connectivity index is 2.26. The molecular formula is C12H15N3O2. The van der Waals surface area contributed by atoms with Gasteiger partial charge in [-0.3, -0.25) is 15.5 Å². The van der Waals surface area contributed by atoms with Gasteiger partial charge in [0.2, 0.25) is 0 Å². The zero-order valence-electron chi connectivity index (χ0n) is 9.56. The summed E-state index contributed by atoms with van der Waals surface area (Å²) in [6, 6.07) is 6.47. The van der Waals surface area contributed by atoms with Gasteiger partial charge in [0.25, 0.3) is 5.69 Å². The molecule has 1 fully saturated rings. The number of para-hydroxylation sites is 1. The lowest BCUT2D eigenvalue weighted by Gasteiger charge is -2.28. The SMILES string of the molecule is N=C(c1ccccc1[N+](=O)[O-])N1CCCCC1. The van der Waals surface area contributed by atoms with Crippen molar-refractivity contribution in [1.82, 2.24) is 4.90 Å². The maximum Gasteiger partial charge on any atom is 0.280 e. The van der Waals surface area contributed by atoms with Crippen LogP contribution in [0.3, 0.4) is 0 Å². The minimum atomic E-state index is -0.423. The molecule has 1 aliphatic rings. The molecule has 0 aliphatic carbocycles. The van der Waals surface area contributed by atoms with E-state index in [1.807, 2.05) is 4.90 Å². The number of nitro groups is 1. The van der Waals surface area contributed by atoms with Crippen molar-refractivity contribution >= 4 is 11.5 Å². The molecule has 0 aromatic heterocycles. The third-order valence-corrected chi connectivity index (χ3v) is 3.03. The van der Waals surface area contributed by atoms with Crippen molar-refractivity contribution in [3.63, 3.8) is 0 Å². The summed E-state index contributed by atoms with van der Waals surface area (Å²) in [5.74, 6) is 0.275. The first-order valence-corrected chi connectivity index (χ1v) is 5.77. The maximum absolute atomic E-state index is 10.9. The number of benzene rings is 1. The fourth-order valence-electron chi connectivity index (χ4n) is 2.12. The zero-order chi connectivity index (χ0) is 12.3. The Morgan fingerprint density at radius 2 is 1.88 bits per heavy atom. The zero-order valence-corrected chi connectivity index (χ0v) is 9.56. The number of likely N-dealkylation sites (tertiary alicyclic amines) is 1. The van der Waals surface area contributed by atoms with E-state index in [-0.39, 0.29) is 11.5 Å². The molecule has 1 N–H and O–H groups in total. The van der Waals surface area contributed by atoms with Crippen LogP contribution < -0.4 is 0 Å². The van der Waals surface area contributed by atoms with E-state index in [1.165, 1.54) is 12.5 Å². The van der Waals surface area contributed by atoms with Crippen molar-refractivity contribution in [2.45, 2.75) is 19.3 Å². The van der Waals surface area contributed by atoms with E-state index in [1.54, 1.807) is 18.2 Å². The number of rotatable bonds is 2. The fourth-order valence-corrected chi connectivity index (χ4v) is 2.12. The van der Waals surface area contributed by atoms with E-state index in [0.29, 0.717) is 5.56 Å². The molecule has 5 nitrogen and oxygen atoms in total. The minimum absolute atomic E-state index is 0.0167. The van der Waals surface area contributed by atoms with Gasteiger partial charge >= 0.3 is 0 Å². The second-order valence-electron chi connectivity index (χ2n) is 4.17. The minimum Gasteiger partial charge on any atom is -0.356 e. The molecular weight excluding hydrogens is 218 g/mol. The summed E-state index contributed by atoms with van der Waals surface area (Å²) in [7, 11) is 0. The van der Waals surface area contributed by atoms with Crippen LogP contribution in [0.25, 0.3) is 0 Å². The molecule has 2 rings (SSSR count). The van der Waals surface area contributed by atoms with Crippen molar-refractivity contribution in [2.24, 2.45) is 0 Å². The van der Waals surface area contributed by atoms with Crippen LogP contribution in [0.15, 0.2) is 24.3 Å². The monoisotopic (exact) mass is 233 g/mol. The van der Waals surface area contributed by atoms with E-state index in [4.69, 9.17) is 5.41 Å². The third kappa shape index (κ3) is 2.43. The lowest BCUT2D eigenvalue weighted by molar-refractivity contribution is -0.385. The molecule has 0 spiro atoms. The van der Waals surface area contributed by atoms with Gasteiger partial charge in [-0.1, -0.05) is 12.1 Å². The Labute approximate surface area is 99.7 Å². The van der Waals surface area contributed by atoms with Crippen molar-refractivity contribution in [3.05, 3.63) is 39.9 Å². The van der Waals surface area contributed by atoms with E-state index in [2.05, 4.69) is 0 Å². The Morgan fingerprint density at radius 1 is 1.24 bits per heavy atom. The van der Waals surface area contributed by atoms with Crippen LogP contribution in [0.2, 0.25) is 0 Å². The molecule has 1 aromatic carbocycles. The molecule has 0 atom stereocenters. The number of hydrogen-bond donors (Lipinski definition) is 1. The molecule has 1 heterocycles. The highest BCUT2D eigenvalue weighted by Gasteiger charge is 2.21. The first-order valence-electron chi connectivity index (χ1n) is 5.77. The Morgan fingerprint density at radius 3 is 2.53 bits per heavy atom. The normalized spacial score (nSPS) is 15.6. The summed E-state index contributed by atoms with van der Waals surface area (Å²) in [6.07, 6.45) is 3.30. The predicted molar refractivity (Wildman–Crippen MR) is 65.3 cm³/mol. The topological polar surface area (TPSA) is 70.2 Å². The lowest BCUT2D eigenvalue weighted by Crippen LogP contribution is -2.35. The van der Waals surface area contributed by atoms with Crippen LogP contribution in [0.1, 0.15) is 24.8 Å². The Bertz CT molecular complexity index is 439. The first kappa shape index (κ1) is 11.6. The van der Waals surface area contributed by atoms with E-state index < -0.39 is 4.92 Å². The molecule has 0 radical (unpaired) electrons. The average molecular weight is 233 g/mol. The smallest absolute Gasteiger partial charge is 0.280 e. The van der Waals surface area contributed by atoms with Crippen molar-refractivity contribution < 1.29 is 4.92 Å². The van der Waals surface area contributed by atoms with E-state index in [9.17, 15) is 10.1 Å². The van der Waals surface area contributed by atoms with Crippen LogP contribution in [0.5, 0.6) is 0 Å². The molecule has 0 bridgehead atoms. The van der Waals surface area contributed by atoms with Gasteiger partial charge in [0.05, 0.1) is 10.5 Å². The summed E-state index contributed by atoms with van der Waals surface area (Å²) in [5.41, 5.74) is 0.433. The van der Waals surface area contributed by atoms with Crippen LogP contribution in [-0.4, -0.2) is 28.7 Å². The molecule has 0 amide bonds. The van der Waals surface area contributed by atoms with Crippen molar-refractivity contribution in [3.8, 4) is 0 Å². The van der Waals surface area contributed by atoms with Gasteiger partial charge in [-0.05, 0) is 25.3 Å².